The summed E-state index contributed by atoms with van der Waals surface area (Å²) in [5.41, 5.74) is 0.531. The number of rotatable bonds is 4. The summed E-state index contributed by atoms with van der Waals surface area (Å²) in [5, 5.41) is 0.535. The van der Waals surface area contributed by atoms with Crippen LogP contribution in [-0.2, 0) is 19.3 Å². The third-order valence-electron chi connectivity index (χ3n) is 6.92. The van der Waals surface area contributed by atoms with Crippen LogP contribution in [0.3, 0.4) is 0 Å². The number of aromatic nitrogens is 2. The minimum atomic E-state index is -3.61. The van der Waals surface area contributed by atoms with Gasteiger partial charge in [-0.25, -0.2) is 22.8 Å². The fourth-order valence-electron chi connectivity index (χ4n) is 5.08. The van der Waals surface area contributed by atoms with Crippen molar-refractivity contribution in [3.05, 3.63) is 47.0 Å². The molecule has 1 aliphatic carbocycles. The zero-order chi connectivity index (χ0) is 22.5. The Morgan fingerprint density at radius 1 is 1.16 bits per heavy atom. The molecule has 1 atom stereocenters. The smallest absolute Gasteiger partial charge is 0.225 e. The number of sulfone groups is 1. The van der Waals surface area contributed by atoms with Crippen molar-refractivity contribution in [2.45, 2.75) is 30.4 Å². The monoisotopic (exact) mass is 481 g/mol. The predicted molar refractivity (Wildman–Crippen MR) is 117 cm³/mol. The molecule has 32 heavy (non-hydrogen) atoms. The molecule has 1 aromatic carbocycles. The summed E-state index contributed by atoms with van der Waals surface area (Å²) in [6.45, 7) is 2.96. The third-order valence-corrected chi connectivity index (χ3v) is 8.25. The molecule has 3 fully saturated rings. The zero-order valence-corrected chi connectivity index (χ0v) is 19.3. The number of hydrogen-bond acceptors (Lipinski definition) is 7. The van der Waals surface area contributed by atoms with Crippen molar-refractivity contribution in [1.29, 1.82) is 0 Å². The summed E-state index contributed by atoms with van der Waals surface area (Å²) in [6.07, 6.45) is 6.78. The van der Waals surface area contributed by atoms with Crippen LogP contribution in [0.5, 0.6) is 0 Å². The van der Waals surface area contributed by atoms with Gasteiger partial charge in [-0.3, -0.25) is 0 Å². The van der Waals surface area contributed by atoms with Gasteiger partial charge in [-0.15, -0.1) is 0 Å². The Bertz CT molecular complexity index is 1100. The molecule has 2 aliphatic heterocycles. The fourth-order valence-corrected chi connectivity index (χ4v) is 5.90. The Hall–Kier alpha value is -1.81. The zero-order valence-electron chi connectivity index (χ0n) is 17.7. The van der Waals surface area contributed by atoms with Gasteiger partial charge >= 0.3 is 0 Å². The van der Waals surface area contributed by atoms with Gasteiger partial charge in [0.05, 0.1) is 30.6 Å². The highest BCUT2D eigenvalue weighted by molar-refractivity contribution is 7.90. The quantitative estimate of drug-likeness (QED) is 0.659. The van der Waals surface area contributed by atoms with Crippen molar-refractivity contribution >= 4 is 27.4 Å². The summed E-state index contributed by atoms with van der Waals surface area (Å²) >= 11 is 5.88. The van der Waals surface area contributed by atoms with Crippen molar-refractivity contribution in [2.24, 2.45) is 17.3 Å². The standard InChI is InChI=1S/C22H25ClFN3O4S/c1-32(28,29)19-3-2-15(8-18(19)24)20-30-12-22(13-31-20)9-17(22)14-4-6-27(7-5-14)21-25-10-16(23)11-26-21/h2-3,8,10-11,14,17,20H,4-7,9,12-13H2,1H3/t17-,20?,22?/m1/s1. The average molecular weight is 482 g/mol. The molecule has 5 rings (SSSR count). The molecule has 3 aliphatic rings. The van der Waals surface area contributed by atoms with Crippen LogP contribution < -0.4 is 4.90 Å². The van der Waals surface area contributed by atoms with Gasteiger partial charge in [-0.05, 0) is 43.2 Å². The van der Waals surface area contributed by atoms with Gasteiger partial charge in [0.2, 0.25) is 5.95 Å². The summed E-state index contributed by atoms with van der Waals surface area (Å²) in [4.78, 5) is 10.5. The maximum Gasteiger partial charge on any atom is 0.225 e. The number of nitrogens with zero attached hydrogens (tertiary/aromatic N) is 3. The van der Waals surface area contributed by atoms with E-state index in [0.29, 0.717) is 35.6 Å². The lowest BCUT2D eigenvalue weighted by molar-refractivity contribution is -0.216. The van der Waals surface area contributed by atoms with Gasteiger partial charge in [0.25, 0.3) is 0 Å². The molecule has 0 radical (unpaired) electrons. The largest absolute Gasteiger partial charge is 0.348 e. The lowest BCUT2D eigenvalue weighted by atomic mass is 9.87. The van der Waals surface area contributed by atoms with Crippen LogP contribution in [0.4, 0.5) is 10.3 Å². The first kappa shape index (κ1) is 22.0. The predicted octanol–water partition coefficient (Wildman–Crippen LogP) is 3.64. The van der Waals surface area contributed by atoms with Gasteiger partial charge in [0, 0.05) is 30.3 Å². The van der Waals surface area contributed by atoms with Crippen LogP contribution >= 0.6 is 11.6 Å². The number of hydrogen-bond donors (Lipinski definition) is 0. The maximum atomic E-state index is 14.2. The van der Waals surface area contributed by atoms with Crippen LogP contribution in [0.25, 0.3) is 0 Å². The van der Waals surface area contributed by atoms with Crippen molar-refractivity contribution in [2.75, 3.05) is 37.5 Å². The van der Waals surface area contributed by atoms with Gasteiger partial charge in [0.15, 0.2) is 16.1 Å². The molecule has 2 aromatic rings. The molecule has 10 heteroatoms. The van der Waals surface area contributed by atoms with E-state index in [4.69, 9.17) is 21.1 Å². The summed E-state index contributed by atoms with van der Waals surface area (Å²) in [7, 11) is -3.61. The van der Waals surface area contributed by atoms with Gasteiger partial charge in [-0.1, -0.05) is 17.7 Å². The number of ether oxygens (including phenoxy) is 2. The Morgan fingerprint density at radius 2 is 1.81 bits per heavy atom. The first-order valence-electron chi connectivity index (χ1n) is 10.7. The fraction of sp³-hybridized carbons (Fsp3) is 0.545. The lowest BCUT2D eigenvalue weighted by Gasteiger charge is -2.35. The maximum absolute atomic E-state index is 14.2. The molecule has 172 valence electrons. The Balaban J connectivity index is 1.16. The van der Waals surface area contributed by atoms with E-state index in [-0.39, 0.29) is 10.3 Å². The highest BCUT2D eigenvalue weighted by atomic mass is 35.5. The van der Waals surface area contributed by atoms with Crippen molar-refractivity contribution < 1.29 is 22.3 Å². The van der Waals surface area contributed by atoms with E-state index < -0.39 is 21.9 Å². The molecule has 0 bridgehead atoms. The van der Waals surface area contributed by atoms with Crippen LogP contribution in [0.15, 0.2) is 35.5 Å². The number of halogens is 2. The summed E-state index contributed by atoms with van der Waals surface area (Å²) in [6, 6.07) is 4.02. The molecule has 1 saturated carbocycles. The molecular formula is C22H25ClFN3O4S. The van der Waals surface area contributed by atoms with E-state index in [1.54, 1.807) is 18.5 Å². The molecule has 7 nitrogen and oxygen atoms in total. The van der Waals surface area contributed by atoms with Crippen molar-refractivity contribution in [3.63, 3.8) is 0 Å². The molecule has 0 N–H and O–H groups in total. The molecule has 0 amide bonds. The minimum Gasteiger partial charge on any atom is -0.348 e. The number of benzene rings is 1. The highest BCUT2D eigenvalue weighted by Crippen LogP contribution is 2.61. The van der Waals surface area contributed by atoms with Crippen LogP contribution in [0, 0.1) is 23.1 Å². The van der Waals surface area contributed by atoms with E-state index in [1.165, 1.54) is 12.1 Å². The topological polar surface area (TPSA) is 81.6 Å². The number of anilines is 1. The Kier molecular flexibility index (Phi) is 5.64. The van der Waals surface area contributed by atoms with Crippen molar-refractivity contribution in [1.82, 2.24) is 9.97 Å². The van der Waals surface area contributed by atoms with Crippen LogP contribution in [-0.4, -0.2) is 50.9 Å². The van der Waals surface area contributed by atoms with Gasteiger partial charge in [0.1, 0.15) is 10.7 Å². The van der Waals surface area contributed by atoms with Crippen molar-refractivity contribution in [3.8, 4) is 0 Å². The summed E-state index contributed by atoms with van der Waals surface area (Å²) in [5.74, 6) is 1.10. The minimum absolute atomic E-state index is 0.0331. The van der Waals surface area contributed by atoms with E-state index in [9.17, 15) is 12.8 Å². The first-order chi connectivity index (χ1) is 15.2. The normalized spacial score (nSPS) is 28.8. The van der Waals surface area contributed by atoms with Gasteiger partial charge < -0.3 is 14.4 Å². The van der Waals surface area contributed by atoms with Crippen LogP contribution in [0.1, 0.15) is 31.1 Å². The molecule has 1 aromatic heterocycles. The Morgan fingerprint density at radius 3 is 2.41 bits per heavy atom. The second-order valence-corrected chi connectivity index (χ2v) is 11.5. The third kappa shape index (κ3) is 4.23. The molecule has 2 saturated heterocycles. The van der Waals surface area contributed by atoms with E-state index >= 15 is 0 Å². The second-order valence-electron chi connectivity index (χ2n) is 9.11. The first-order valence-corrected chi connectivity index (χ1v) is 13.0. The average Bonchev–Trinajstić information content (AvgIpc) is 3.47. The highest BCUT2D eigenvalue weighted by Gasteiger charge is 2.59. The van der Waals surface area contributed by atoms with Gasteiger partial charge in [-0.2, -0.15) is 0 Å². The van der Waals surface area contributed by atoms with E-state index in [2.05, 4.69) is 14.9 Å². The SMILES string of the molecule is CS(=O)(=O)c1ccc(C2OCC3(CO2)C[C@@H]3C2CCN(c3ncc(Cl)cn3)CC2)cc1F. The van der Waals surface area contributed by atoms with E-state index in [0.717, 1.165) is 44.6 Å². The molecule has 0 unspecified atom stereocenters. The number of piperidine rings is 1. The van der Waals surface area contributed by atoms with E-state index in [1.807, 2.05) is 0 Å². The molecule has 1 spiro atoms. The molecule has 3 heterocycles. The molecular weight excluding hydrogens is 457 g/mol. The second kappa shape index (κ2) is 8.20. The summed E-state index contributed by atoms with van der Waals surface area (Å²) < 4.78 is 49.4. The lowest BCUT2D eigenvalue weighted by Crippen LogP contribution is -2.37. The van der Waals surface area contributed by atoms with Crippen LogP contribution in [0.2, 0.25) is 5.02 Å². The Labute approximate surface area is 191 Å².